The molecule has 0 radical (unpaired) electrons. The van der Waals surface area contributed by atoms with Gasteiger partial charge in [0.05, 0.1) is 0 Å². The molecule has 2 unspecified atom stereocenters. The first-order valence-corrected chi connectivity index (χ1v) is 3.44. The second-order valence-electron chi connectivity index (χ2n) is 1.95. The molecule has 0 aromatic heterocycles. The first-order valence-electron chi connectivity index (χ1n) is 3.01. The van der Waals surface area contributed by atoms with Gasteiger partial charge in [-0.05, 0) is 13.3 Å². The summed E-state index contributed by atoms with van der Waals surface area (Å²) in [6.07, 6.45) is 2.75. The van der Waals surface area contributed by atoms with E-state index >= 15 is 0 Å². The van der Waals surface area contributed by atoms with Crippen LogP contribution in [0.3, 0.4) is 0 Å². The molecular weight excluding hydrogens is 136 g/mol. The number of aliphatic hydroxyl groups is 1. The van der Waals surface area contributed by atoms with Crippen molar-refractivity contribution in [2.75, 3.05) is 0 Å². The van der Waals surface area contributed by atoms with Gasteiger partial charge in [-0.25, -0.2) is 0 Å². The summed E-state index contributed by atoms with van der Waals surface area (Å²) in [6, 6.07) is 0. The smallest absolute Gasteiger partial charge is 0.107 e. The third-order valence-corrected chi connectivity index (χ3v) is 1.55. The van der Waals surface area contributed by atoms with Crippen LogP contribution in [0.5, 0.6) is 0 Å². The van der Waals surface area contributed by atoms with E-state index in [1.54, 1.807) is 0 Å². The third kappa shape index (κ3) is 3.26. The number of aliphatic hydroxyl groups excluding tert-OH is 1. The minimum Gasteiger partial charge on any atom is -0.462 e. The van der Waals surface area contributed by atoms with Crippen LogP contribution in [-0.4, -0.2) is 10.5 Å². The van der Waals surface area contributed by atoms with Crippen LogP contribution in [0, 0.1) is 17.9 Å². The Bertz CT molecular complexity index is 121. The van der Waals surface area contributed by atoms with Gasteiger partial charge >= 0.3 is 0 Å². The zero-order valence-corrected chi connectivity index (χ0v) is 6.44. The van der Waals surface area contributed by atoms with Crippen LogP contribution in [0.25, 0.3) is 0 Å². The number of alkyl halides is 1. The van der Waals surface area contributed by atoms with Gasteiger partial charge in [0.25, 0.3) is 0 Å². The zero-order valence-electron chi connectivity index (χ0n) is 5.69. The average molecular weight is 147 g/mol. The maximum Gasteiger partial charge on any atom is 0.107 e. The molecule has 0 aliphatic carbocycles. The molecular formula is C7H11ClO. The van der Waals surface area contributed by atoms with E-state index in [4.69, 9.17) is 16.7 Å². The van der Waals surface area contributed by atoms with Crippen molar-refractivity contribution in [2.24, 2.45) is 5.92 Å². The quantitative estimate of drug-likeness (QED) is 0.467. The molecule has 0 rings (SSSR count). The average Bonchev–Trinajstić information content (AvgIpc) is 1.82. The highest BCUT2D eigenvalue weighted by Crippen LogP contribution is 2.12. The van der Waals surface area contributed by atoms with E-state index in [0.717, 1.165) is 6.42 Å². The SMILES string of the molecule is CCC(C#CO)C(C)Cl. The molecule has 0 spiro atoms. The van der Waals surface area contributed by atoms with Gasteiger partial charge in [-0.3, -0.25) is 0 Å². The predicted octanol–water partition coefficient (Wildman–Crippen LogP) is 1.97. The number of hydrogen-bond acceptors (Lipinski definition) is 1. The minimum atomic E-state index is 0.0228. The van der Waals surface area contributed by atoms with E-state index in [9.17, 15) is 0 Å². The Morgan fingerprint density at radius 2 is 2.22 bits per heavy atom. The van der Waals surface area contributed by atoms with Gasteiger partial charge in [0, 0.05) is 11.3 Å². The molecule has 1 nitrogen and oxygen atoms in total. The molecule has 0 saturated heterocycles. The molecule has 0 fully saturated rings. The van der Waals surface area contributed by atoms with E-state index in [1.165, 1.54) is 0 Å². The maximum atomic E-state index is 8.20. The second-order valence-corrected chi connectivity index (χ2v) is 2.64. The first kappa shape index (κ1) is 8.65. The largest absolute Gasteiger partial charge is 0.462 e. The molecule has 9 heavy (non-hydrogen) atoms. The summed E-state index contributed by atoms with van der Waals surface area (Å²) in [6.45, 7) is 3.87. The second kappa shape index (κ2) is 4.52. The third-order valence-electron chi connectivity index (χ3n) is 1.24. The molecule has 0 amide bonds. The van der Waals surface area contributed by atoms with Crippen molar-refractivity contribution in [1.29, 1.82) is 0 Å². The van der Waals surface area contributed by atoms with Crippen molar-refractivity contribution in [3.63, 3.8) is 0 Å². The summed E-state index contributed by atoms with van der Waals surface area (Å²) < 4.78 is 0. The van der Waals surface area contributed by atoms with E-state index in [1.807, 2.05) is 20.0 Å². The van der Waals surface area contributed by atoms with Crippen molar-refractivity contribution in [3.05, 3.63) is 0 Å². The topological polar surface area (TPSA) is 20.2 Å². The fourth-order valence-electron chi connectivity index (χ4n) is 0.625. The summed E-state index contributed by atoms with van der Waals surface area (Å²) in [4.78, 5) is 0. The Morgan fingerprint density at radius 1 is 1.67 bits per heavy atom. The van der Waals surface area contributed by atoms with Gasteiger partial charge in [0.2, 0.25) is 0 Å². The number of rotatable bonds is 2. The minimum absolute atomic E-state index is 0.0228. The van der Waals surface area contributed by atoms with Crippen LogP contribution in [0.15, 0.2) is 0 Å². The fraction of sp³-hybridized carbons (Fsp3) is 0.714. The van der Waals surface area contributed by atoms with Crippen LogP contribution in [-0.2, 0) is 0 Å². The van der Waals surface area contributed by atoms with Crippen LogP contribution in [0.1, 0.15) is 20.3 Å². The van der Waals surface area contributed by atoms with Crippen molar-refractivity contribution in [1.82, 2.24) is 0 Å². The first-order chi connectivity index (χ1) is 4.22. The molecule has 2 heteroatoms. The number of hydrogen-bond donors (Lipinski definition) is 1. The van der Waals surface area contributed by atoms with Crippen molar-refractivity contribution < 1.29 is 5.11 Å². The molecule has 52 valence electrons. The lowest BCUT2D eigenvalue weighted by Crippen LogP contribution is -2.07. The molecule has 0 heterocycles. The van der Waals surface area contributed by atoms with Crippen molar-refractivity contribution in [3.8, 4) is 12.0 Å². The monoisotopic (exact) mass is 146 g/mol. The molecule has 2 atom stereocenters. The van der Waals surface area contributed by atoms with E-state index in [-0.39, 0.29) is 11.3 Å². The fourth-order valence-corrected chi connectivity index (χ4v) is 0.866. The summed E-state index contributed by atoms with van der Waals surface area (Å²) in [5, 5.41) is 8.22. The van der Waals surface area contributed by atoms with E-state index < -0.39 is 0 Å². The highest BCUT2D eigenvalue weighted by atomic mass is 35.5. The van der Waals surface area contributed by atoms with Gasteiger partial charge in [0.15, 0.2) is 0 Å². The zero-order chi connectivity index (χ0) is 7.28. The van der Waals surface area contributed by atoms with Gasteiger partial charge in [-0.1, -0.05) is 12.8 Å². The van der Waals surface area contributed by atoms with Gasteiger partial charge < -0.3 is 5.11 Å². The Hall–Kier alpha value is -0.350. The summed E-state index contributed by atoms with van der Waals surface area (Å²) in [7, 11) is 0. The maximum absolute atomic E-state index is 8.20. The van der Waals surface area contributed by atoms with Gasteiger partial charge in [-0.2, -0.15) is 0 Å². The van der Waals surface area contributed by atoms with Crippen LogP contribution in [0.2, 0.25) is 0 Å². The van der Waals surface area contributed by atoms with Gasteiger partial charge in [-0.15, -0.1) is 11.6 Å². The van der Waals surface area contributed by atoms with Gasteiger partial charge in [0.1, 0.15) is 6.11 Å². The summed E-state index contributed by atoms with van der Waals surface area (Å²) in [5.74, 6) is 2.73. The van der Waals surface area contributed by atoms with Crippen LogP contribution in [0.4, 0.5) is 0 Å². The van der Waals surface area contributed by atoms with Crippen LogP contribution >= 0.6 is 11.6 Å². The van der Waals surface area contributed by atoms with Crippen molar-refractivity contribution >= 4 is 11.6 Å². The highest BCUT2D eigenvalue weighted by molar-refractivity contribution is 6.20. The van der Waals surface area contributed by atoms with Crippen molar-refractivity contribution in [2.45, 2.75) is 25.6 Å². The molecule has 0 saturated carbocycles. The predicted molar refractivity (Wildman–Crippen MR) is 38.8 cm³/mol. The lowest BCUT2D eigenvalue weighted by atomic mass is 10.1. The summed E-state index contributed by atoms with van der Waals surface area (Å²) >= 11 is 5.71. The summed E-state index contributed by atoms with van der Waals surface area (Å²) in [5.41, 5.74) is 0. The Kier molecular flexibility index (Phi) is 4.35. The Labute approximate surface area is 61.0 Å². The molecule has 0 aliphatic rings. The molecule has 0 aliphatic heterocycles. The number of halogens is 1. The molecule has 0 bridgehead atoms. The Morgan fingerprint density at radius 3 is 2.33 bits per heavy atom. The van der Waals surface area contributed by atoms with E-state index in [2.05, 4.69) is 5.92 Å². The Balaban J connectivity index is 3.78. The lowest BCUT2D eigenvalue weighted by molar-refractivity contribution is 0.510. The molecule has 0 aromatic rings. The molecule has 0 aromatic carbocycles. The normalized spacial score (nSPS) is 15.4. The highest BCUT2D eigenvalue weighted by Gasteiger charge is 2.08. The standard InChI is InChI=1S/C7H11ClO/c1-3-7(4-5-9)6(2)8/h6-7,9H,3H2,1-2H3. The van der Waals surface area contributed by atoms with E-state index in [0.29, 0.717) is 0 Å². The lowest BCUT2D eigenvalue weighted by Gasteiger charge is -2.07. The molecule has 1 N–H and O–H groups in total. The van der Waals surface area contributed by atoms with Crippen LogP contribution < -0.4 is 0 Å².